The van der Waals surface area contributed by atoms with Crippen molar-refractivity contribution in [3.8, 4) is 11.3 Å². The molecule has 0 saturated carbocycles. The molecule has 21 heavy (non-hydrogen) atoms. The number of thiazole rings is 1. The second kappa shape index (κ2) is 5.80. The van der Waals surface area contributed by atoms with Gasteiger partial charge < -0.3 is 5.32 Å². The standard InChI is InChI=1S/C18H26N2S/c1-13-19-15(14-10-8-7-9-11-14)16(21-13)20-18(5,6)12-17(2,3)4/h7-11,20H,12H2,1-6H3. The van der Waals surface area contributed by atoms with Gasteiger partial charge in [-0.25, -0.2) is 4.98 Å². The molecule has 0 fully saturated rings. The number of hydrogen-bond acceptors (Lipinski definition) is 3. The summed E-state index contributed by atoms with van der Waals surface area (Å²) in [6, 6.07) is 10.4. The van der Waals surface area contributed by atoms with Crippen LogP contribution in [0.1, 0.15) is 46.0 Å². The van der Waals surface area contributed by atoms with E-state index in [1.165, 1.54) is 10.6 Å². The lowest BCUT2D eigenvalue weighted by atomic mass is 9.82. The fourth-order valence-corrected chi connectivity index (χ4v) is 4.00. The number of nitrogens with zero attached hydrogens (tertiary/aromatic N) is 1. The fourth-order valence-electron chi connectivity index (χ4n) is 2.98. The summed E-state index contributed by atoms with van der Waals surface area (Å²) in [6.45, 7) is 13.5. The van der Waals surface area contributed by atoms with E-state index < -0.39 is 0 Å². The van der Waals surface area contributed by atoms with Crippen LogP contribution in [0.5, 0.6) is 0 Å². The molecule has 2 rings (SSSR count). The Morgan fingerprint density at radius 1 is 1.05 bits per heavy atom. The lowest BCUT2D eigenvalue weighted by molar-refractivity contribution is 0.303. The number of benzene rings is 1. The van der Waals surface area contributed by atoms with Crippen LogP contribution in [0.15, 0.2) is 30.3 Å². The molecule has 0 spiro atoms. The molecule has 0 saturated heterocycles. The van der Waals surface area contributed by atoms with Crippen molar-refractivity contribution in [2.75, 3.05) is 5.32 Å². The number of nitrogens with one attached hydrogen (secondary N) is 1. The Labute approximate surface area is 132 Å². The third kappa shape index (κ3) is 4.57. The second-order valence-electron chi connectivity index (χ2n) is 7.52. The van der Waals surface area contributed by atoms with E-state index in [1.807, 2.05) is 6.07 Å². The molecule has 0 unspecified atom stereocenters. The lowest BCUT2D eigenvalue weighted by Crippen LogP contribution is -2.35. The summed E-state index contributed by atoms with van der Waals surface area (Å²) in [6.07, 6.45) is 1.10. The quantitative estimate of drug-likeness (QED) is 0.778. The average Bonchev–Trinajstić information content (AvgIpc) is 2.67. The molecule has 0 amide bonds. The first-order valence-electron chi connectivity index (χ1n) is 7.47. The maximum absolute atomic E-state index is 4.72. The van der Waals surface area contributed by atoms with Gasteiger partial charge in [-0.15, -0.1) is 11.3 Å². The van der Waals surface area contributed by atoms with Crippen LogP contribution in [0.4, 0.5) is 5.00 Å². The van der Waals surface area contributed by atoms with Crippen LogP contribution in [0, 0.1) is 12.3 Å². The molecule has 114 valence electrons. The highest BCUT2D eigenvalue weighted by Gasteiger charge is 2.27. The molecule has 0 radical (unpaired) electrons. The number of anilines is 1. The van der Waals surface area contributed by atoms with Gasteiger partial charge >= 0.3 is 0 Å². The van der Waals surface area contributed by atoms with Crippen LogP contribution < -0.4 is 5.32 Å². The Bertz CT molecular complexity index is 591. The molecule has 0 aliphatic heterocycles. The van der Waals surface area contributed by atoms with Gasteiger partial charge in [0.2, 0.25) is 0 Å². The van der Waals surface area contributed by atoms with Crippen molar-refractivity contribution in [3.05, 3.63) is 35.3 Å². The third-order valence-electron chi connectivity index (χ3n) is 3.21. The van der Waals surface area contributed by atoms with Gasteiger partial charge in [0.25, 0.3) is 0 Å². The Morgan fingerprint density at radius 3 is 2.24 bits per heavy atom. The van der Waals surface area contributed by atoms with Crippen LogP contribution in [-0.4, -0.2) is 10.5 Å². The van der Waals surface area contributed by atoms with Gasteiger partial charge in [0.15, 0.2) is 0 Å². The SMILES string of the molecule is Cc1nc(-c2ccccc2)c(NC(C)(C)CC(C)(C)C)s1. The minimum absolute atomic E-state index is 0.0424. The largest absolute Gasteiger partial charge is 0.370 e. The Balaban J connectivity index is 2.29. The number of aromatic nitrogens is 1. The van der Waals surface area contributed by atoms with Crippen molar-refractivity contribution < 1.29 is 0 Å². The van der Waals surface area contributed by atoms with Gasteiger partial charge in [-0.2, -0.15) is 0 Å². The Morgan fingerprint density at radius 2 is 1.67 bits per heavy atom. The van der Waals surface area contributed by atoms with Crippen molar-refractivity contribution in [1.82, 2.24) is 4.98 Å². The summed E-state index contributed by atoms with van der Waals surface area (Å²) >= 11 is 1.74. The topological polar surface area (TPSA) is 24.9 Å². The molecule has 0 bridgehead atoms. The molecule has 3 heteroatoms. The first kappa shape index (κ1) is 16.0. The molecule has 1 aromatic carbocycles. The van der Waals surface area contributed by atoms with Gasteiger partial charge in [0.1, 0.15) is 10.7 Å². The van der Waals surface area contributed by atoms with Gasteiger partial charge in [-0.05, 0) is 32.6 Å². The number of aryl methyl sites for hydroxylation is 1. The molecule has 0 aliphatic rings. The van der Waals surface area contributed by atoms with Crippen LogP contribution in [0.2, 0.25) is 0 Å². The molecule has 0 atom stereocenters. The smallest absolute Gasteiger partial charge is 0.117 e. The summed E-state index contributed by atoms with van der Waals surface area (Å²) in [5, 5.41) is 5.99. The zero-order valence-corrected chi connectivity index (χ0v) is 14.8. The van der Waals surface area contributed by atoms with Gasteiger partial charge in [0, 0.05) is 11.1 Å². The highest BCUT2D eigenvalue weighted by molar-refractivity contribution is 7.16. The van der Waals surface area contributed by atoms with Crippen LogP contribution in [-0.2, 0) is 0 Å². The van der Waals surface area contributed by atoms with E-state index >= 15 is 0 Å². The van der Waals surface area contributed by atoms with Crippen molar-refractivity contribution in [2.45, 2.75) is 53.5 Å². The van der Waals surface area contributed by atoms with E-state index in [-0.39, 0.29) is 5.54 Å². The van der Waals surface area contributed by atoms with E-state index in [0.717, 1.165) is 17.1 Å². The number of rotatable bonds is 4. The van der Waals surface area contributed by atoms with E-state index in [9.17, 15) is 0 Å². The molecular weight excluding hydrogens is 276 g/mol. The molecule has 1 aromatic heterocycles. The summed E-state index contributed by atoms with van der Waals surface area (Å²) < 4.78 is 0. The van der Waals surface area contributed by atoms with E-state index in [4.69, 9.17) is 4.98 Å². The minimum atomic E-state index is 0.0424. The van der Waals surface area contributed by atoms with Crippen LogP contribution >= 0.6 is 11.3 Å². The van der Waals surface area contributed by atoms with Gasteiger partial charge in [-0.3, -0.25) is 0 Å². The Kier molecular flexibility index (Phi) is 4.43. The maximum atomic E-state index is 4.72. The molecule has 2 nitrogen and oxygen atoms in total. The highest BCUT2D eigenvalue weighted by Crippen LogP contribution is 2.37. The monoisotopic (exact) mass is 302 g/mol. The first-order valence-corrected chi connectivity index (χ1v) is 8.29. The first-order chi connectivity index (χ1) is 9.66. The Hall–Kier alpha value is -1.35. The van der Waals surface area contributed by atoms with Gasteiger partial charge in [-0.1, -0.05) is 51.1 Å². The third-order valence-corrected chi connectivity index (χ3v) is 4.09. The van der Waals surface area contributed by atoms with E-state index in [1.54, 1.807) is 11.3 Å². The normalized spacial score (nSPS) is 12.5. The summed E-state index contributed by atoms with van der Waals surface area (Å²) in [5.41, 5.74) is 2.58. The summed E-state index contributed by atoms with van der Waals surface area (Å²) in [5.74, 6) is 0. The van der Waals surface area contributed by atoms with Crippen molar-refractivity contribution >= 4 is 16.3 Å². The van der Waals surface area contributed by atoms with E-state index in [2.05, 4.69) is 71.1 Å². The zero-order valence-electron chi connectivity index (χ0n) is 13.9. The predicted molar refractivity (Wildman–Crippen MR) is 94.1 cm³/mol. The number of hydrogen-bond donors (Lipinski definition) is 1. The summed E-state index contributed by atoms with van der Waals surface area (Å²) in [7, 11) is 0. The lowest BCUT2D eigenvalue weighted by Gasteiger charge is -2.33. The zero-order chi connectivity index (χ0) is 15.7. The summed E-state index contributed by atoms with van der Waals surface area (Å²) in [4.78, 5) is 4.72. The highest BCUT2D eigenvalue weighted by atomic mass is 32.1. The molecule has 2 aromatic rings. The maximum Gasteiger partial charge on any atom is 0.117 e. The van der Waals surface area contributed by atoms with Crippen molar-refractivity contribution in [3.63, 3.8) is 0 Å². The molecule has 1 N–H and O–H groups in total. The van der Waals surface area contributed by atoms with E-state index in [0.29, 0.717) is 5.41 Å². The minimum Gasteiger partial charge on any atom is -0.370 e. The average molecular weight is 302 g/mol. The fraction of sp³-hybridized carbons (Fsp3) is 0.500. The molecule has 1 heterocycles. The van der Waals surface area contributed by atoms with Crippen molar-refractivity contribution in [1.29, 1.82) is 0 Å². The van der Waals surface area contributed by atoms with Gasteiger partial charge in [0.05, 0.1) is 5.01 Å². The second-order valence-corrected chi connectivity index (χ2v) is 8.73. The molecule has 0 aliphatic carbocycles. The van der Waals surface area contributed by atoms with Crippen LogP contribution in [0.25, 0.3) is 11.3 Å². The van der Waals surface area contributed by atoms with Crippen molar-refractivity contribution in [2.24, 2.45) is 5.41 Å². The molecular formula is C18H26N2S. The predicted octanol–water partition coefficient (Wildman–Crippen LogP) is 5.75. The van der Waals surface area contributed by atoms with Crippen LogP contribution in [0.3, 0.4) is 0 Å².